The van der Waals surface area contributed by atoms with Crippen molar-refractivity contribution in [1.29, 1.82) is 5.26 Å². The Morgan fingerprint density at radius 2 is 1.89 bits per heavy atom. The summed E-state index contributed by atoms with van der Waals surface area (Å²) in [5.74, 6) is -1.02. The topological polar surface area (TPSA) is 140 Å². The molecule has 3 heterocycles. The van der Waals surface area contributed by atoms with Gasteiger partial charge in [-0.3, -0.25) is 18.8 Å². The highest BCUT2D eigenvalue weighted by Crippen LogP contribution is 2.38. The Hall–Kier alpha value is -4.75. The molecule has 37 heavy (non-hydrogen) atoms. The van der Waals surface area contributed by atoms with Crippen molar-refractivity contribution in [2.45, 2.75) is 25.7 Å². The van der Waals surface area contributed by atoms with Crippen molar-refractivity contribution in [2.24, 2.45) is 5.73 Å². The number of nitrogens with zero attached hydrogens (tertiary/aromatic N) is 3. The summed E-state index contributed by atoms with van der Waals surface area (Å²) in [5, 5.41) is 12.8. The molecule has 0 atom stereocenters. The molecule has 9 nitrogen and oxygen atoms in total. The molecule has 184 valence electrons. The standard InChI is InChI=1S/C27H21N5O4S/c28-15-16(24(34)31-26-22(23(29)33)18-10-4-5-11-20(18)37-26)14-19-25(36-17-8-2-1-3-9-17)30-21-12-6-7-13-32(21)27(19)35/h1-3,6-9,12-14H,4-5,10-11H2,(H2,29,33)(H,31,34). The number of ether oxygens (including phenoxy) is 1. The van der Waals surface area contributed by atoms with E-state index < -0.39 is 17.4 Å². The number of aryl methyl sites for hydroxylation is 1. The number of hydrogen-bond donors (Lipinski definition) is 2. The van der Waals surface area contributed by atoms with Gasteiger partial charge in [-0.25, -0.2) is 0 Å². The van der Waals surface area contributed by atoms with Crippen molar-refractivity contribution >= 4 is 39.9 Å². The number of carbonyl (C=O) groups excluding carboxylic acids is 2. The highest BCUT2D eigenvalue weighted by molar-refractivity contribution is 7.17. The van der Waals surface area contributed by atoms with E-state index in [-0.39, 0.29) is 22.6 Å². The summed E-state index contributed by atoms with van der Waals surface area (Å²) in [4.78, 5) is 44.1. The Balaban J connectivity index is 1.57. The van der Waals surface area contributed by atoms with Gasteiger partial charge < -0.3 is 15.8 Å². The fourth-order valence-corrected chi connectivity index (χ4v) is 5.55. The van der Waals surface area contributed by atoms with Crippen LogP contribution < -0.4 is 21.3 Å². The monoisotopic (exact) mass is 511 g/mol. The third-order valence-electron chi connectivity index (χ3n) is 5.99. The number of primary amides is 1. The van der Waals surface area contributed by atoms with Gasteiger partial charge in [-0.2, -0.15) is 10.2 Å². The smallest absolute Gasteiger partial charge is 0.269 e. The molecular formula is C27H21N5O4S. The van der Waals surface area contributed by atoms with Crippen LogP contribution in [0.5, 0.6) is 11.6 Å². The number of rotatable bonds is 6. The van der Waals surface area contributed by atoms with Gasteiger partial charge in [-0.15, -0.1) is 11.3 Å². The van der Waals surface area contributed by atoms with E-state index in [1.54, 1.807) is 42.5 Å². The van der Waals surface area contributed by atoms with Crippen LogP contribution in [0, 0.1) is 11.3 Å². The van der Waals surface area contributed by atoms with E-state index >= 15 is 0 Å². The maximum Gasteiger partial charge on any atom is 0.269 e. The van der Waals surface area contributed by atoms with Crippen LogP contribution in [0.4, 0.5) is 5.00 Å². The van der Waals surface area contributed by atoms with E-state index in [4.69, 9.17) is 10.5 Å². The molecule has 0 spiro atoms. The van der Waals surface area contributed by atoms with E-state index in [0.717, 1.165) is 35.8 Å². The summed E-state index contributed by atoms with van der Waals surface area (Å²) in [6.07, 6.45) is 6.13. The number of thiophene rings is 1. The quantitative estimate of drug-likeness (QED) is 0.295. The van der Waals surface area contributed by atoms with E-state index in [0.29, 0.717) is 22.8 Å². The zero-order valence-corrected chi connectivity index (χ0v) is 20.4. The van der Waals surface area contributed by atoms with Crippen molar-refractivity contribution in [3.8, 4) is 17.7 Å². The van der Waals surface area contributed by atoms with Crippen molar-refractivity contribution < 1.29 is 14.3 Å². The Labute approximate surface area is 215 Å². The van der Waals surface area contributed by atoms with Gasteiger partial charge in [0.15, 0.2) is 0 Å². The number of fused-ring (bicyclic) bond motifs is 2. The van der Waals surface area contributed by atoms with Crippen LogP contribution in [0.3, 0.4) is 0 Å². The van der Waals surface area contributed by atoms with E-state index in [1.807, 2.05) is 12.1 Å². The molecule has 0 radical (unpaired) electrons. The fraction of sp³-hybridized carbons (Fsp3) is 0.148. The number of nitrogens with one attached hydrogen (secondary N) is 1. The van der Waals surface area contributed by atoms with Crippen molar-refractivity contribution in [3.05, 3.63) is 92.2 Å². The number of anilines is 1. The maximum atomic E-state index is 13.3. The van der Waals surface area contributed by atoms with Crippen LogP contribution in [-0.4, -0.2) is 21.2 Å². The van der Waals surface area contributed by atoms with Gasteiger partial charge in [0.1, 0.15) is 33.6 Å². The van der Waals surface area contributed by atoms with Gasteiger partial charge in [0.2, 0.25) is 5.88 Å². The molecule has 1 aromatic carbocycles. The number of benzene rings is 1. The summed E-state index contributed by atoms with van der Waals surface area (Å²) < 4.78 is 7.18. The van der Waals surface area contributed by atoms with Crippen LogP contribution in [-0.2, 0) is 17.6 Å². The lowest BCUT2D eigenvalue weighted by molar-refractivity contribution is -0.112. The molecule has 10 heteroatoms. The second kappa shape index (κ2) is 10.1. The average molecular weight is 512 g/mol. The molecule has 1 aliphatic rings. The summed E-state index contributed by atoms with van der Waals surface area (Å²) in [6, 6.07) is 15.7. The van der Waals surface area contributed by atoms with Crippen molar-refractivity contribution in [3.63, 3.8) is 0 Å². The van der Waals surface area contributed by atoms with Crippen LogP contribution >= 0.6 is 11.3 Å². The van der Waals surface area contributed by atoms with Crippen molar-refractivity contribution in [1.82, 2.24) is 9.38 Å². The third-order valence-corrected chi connectivity index (χ3v) is 7.20. The fourth-order valence-electron chi connectivity index (χ4n) is 4.26. The number of hydrogen-bond acceptors (Lipinski definition) is 7. The van der Waals surface area contributed by atoms with E-state index in [1.165, 1.54) is 21.9 Å². The van der Waals surface area contributed by atoms with E-state index in [2.05, 4.69) is 10.3 Å². The number of pyridine rings is 1. The number of nitriles is 1. The number of nitrogens with two attached hydrogens (primary N) is 1. The molecule has 5 rings (SSSR count). The molecular weight excluding hydrogens is 490 g/mol. The normalized spacial score (nSPS) is 13.0. The Kier molecular flexibility index (Phi) is 6.53. The first kappa shape index (κ1) is 24.0. The largest absolute Gasteiger partial charge is 0.438 e. The lowest BCUT2D eigenvalue weighted by Crippen LogP contribution is -2.21. The first-order chi connectivity index (χ1) is 18.0. The van der Waals surface area contributed by atoms with Gasteiger partial charge >= 0.3 is 0 Å². The van der Waals surface area contributed by atoms with Gasteiger partial charge in [-0.1, -0.05) is 24.3 Å². The summed E-state index contributed by atoms with van der Waals surface area (Å²) in [7, 11) is 0. The highest BCUT2D eigenvalue weighted by atomic mass is 32.1. The second-order valence-electron chi connectivity index (χ2n) is 8.38. The average Bonchev–Trinajstić information content (AvgIpc) is 3.27. The molecule has 3 N–H and O–H groups in total. The zero-order chi connectivity index (χ0) is 25.9. The molecule has 4 aromatic rings. The molecule has 0 bridgehead atoms. The molecule has 1 aliphatic carbocycles. The summed E-state index contributed by atoms with van der Waals surface area (Å²) in [5.41, 5.74) is 6.17. The molecule has 0 fully saturated rings. The predicted molar refractivity (Wildman–Crippen MR) is 140 cm³/mol. The molecule has 3 aromatic heterocycles. The third kappa shape index (κ3) is 4.72. The second-order valence-corrected chi connectivity index (χ2v) is 9.49. The number of para-hydroxylation sites is 1. The highest BCUT2D eigenvalue weighted by Gasteiger charge is 2.26. The molecule has 0 unspecified atom stereocenters. The Morgan fingerprint density at radius 1 is 1.14 bits per heavy atom. The Morgan fingerprint density at radius 3 is 2.65 bits per heavy atom. The molecule has 0 saturated carbocycles. The van der Waals surface area contributed by atoms with Gasteiger partial charge in [0.25, 0.3) is 17.4 Å². The number of carbonyl (C=O) groups is 2. The van der Waals surface area contributed by atoms with E-state index in [9.17, 15) is 19.6 Å². The minimum Gasteiger partial charge on any atom is -0.438 e. The van der Waals surface area contributed by atoms with Gasteiger partial charge in [-0.05, 0) is 61.6 Å². The van der Waals surface area contributed by atoms with Crippen LogP contribution in [0.2, 0.25) is 0 Å². The maximum absolute atomic E-state index is 13.3. The van der Waals surface area contributed by atoms with Crippen LogP contribution in [0.1, 0.15) is 39.2 Å². The zero-order valence-electron chi connectivity index (χ0n) is 19.6. The van der Waals surface area contributed by atoms with Gasteiger partial charge in [0.05, 0.1) is 5.56 Å². The summed E-state index contributed by atoms with van der Waals surface area (Å²) >= 11 is 1.29. The molecule has 0 aliphatic heterocycles. The predicted octanol–water partition coefficient (Wildman–Crippen LogP) is 4.07. The van der Waals surface area contributed by atoms with Gasteiger partial charge in [0, 0.05) is 11.1 Å². The first-order valence-electron chi connectivity index (χ1n) is 11.6. The van der Waals surface area contributed by atoms with Crippen LogP contribution in [0.25, 0.3) is 11.7 Å². The lowest BCUT2D eigenvalue weighted by atomic mass is 9.95. The minimum absolute atomic E-state index is 0.0487. The lowest BCUT2D eigenvalue weighted by Gasteiger charge is -2.11. The van der Waals surface area contributed by atoms with Crippen molar-refractivity contribution in [2.75, 3.05) is 5.32 Å². The summed E-state index contributed by atoms with van der Waals surface area (Å²) in [6.45, 7) is 0. The number of aromatic nitrogens is 2. The van der Waals surface area contributed by atoms with Crippen LogP contribution in [0.15, 0.2) is 65.1 Å². The SMILES string of the molecule is N#CC(=Cc1c(Oc2ccccc2)nc2ccccn2c1=O)C(=O)Nc1sc2c(c1C(N)=O)CCCC2. The Bertz CT molecular complexity index is 1660. The molecule has 0 saturated heterocycles. The minimum atomic E-state index is -0.771. The molecule has 2 amide bonds. The number of amides is 2. The first-order valence-corrected chi connectivity index (χ1v) is 12.4.